The molecule has 17 amide bonds. The molecule has 45 nitrogen and oxygen atoms in total. The lowest BCUT2D eigenvalue weighted by Crippen LogP contribution is -2.61. The summed E-state index contributed by atoms with van der Waals surface area (Å²) in [6.07, 6.45) is -3.81. The van der Waals surface area contributed by atoms with E-state index in [2.05, 4.69) is 95.7 Å². The van der Waals surface area contributed by atoms with Gasteiger partial charge in [-0.15, -0.1) is 0 Å². The van der Waals surface area contributed by atoms with Gasteiger partial charge in [0.05, 0.1) is 13.0 Å². The molecule has 139 heavy (non-hydrogen) atoms. The van der Waals surface area contributed by atoms with Crippen molar-refractivity contribution >= 4 is 140 Å². The van der Waals surface area contributed by atoms with E-state index in [1.165, 1.54) is 31.2 Å². The second kappa shape index (κ2) is 53.2. The molecule has 9 rings (SSSR count). The molecule has 0 saturated heterocycles. The van der Waals surface area contributed by atoms with Crippen molar-refractivity contribution in [1.82, 2.24) is 95.7 Å². The van der Waals surface area contributed by atoms with Gasteiger partial charge in [0.15, 0.2) is 17.9 Å². The van der Waals surface area contributed by atoms with Crippen LogP contribution in [0, 0.1) is 16.2 Å². The molecule has 0 unspecified atom stereocenters. The summed E-state index contributed by atoms with van der Waals surface area (Å²) in [5, 5.41) is 84.0. The highest BCUT2D eigenvalue weighted by Crippen LogP contribution is 2.23. The van der Waals surface area contributed by atoms with Crippen molar-refractivity contribution in [1.29, 1.82) is 16.2 Å². The first-order valence-corrected chi connectivity index (χ1v) is 45.3. The van der Waals surface area contributed by atoms with E-state index in [0.29, 0.717) is 27.5 Å². The van der Waals surface area contributed by atoms with E-state index in [-0.39, 0.29) is 121 Å². The number of amides is 17. The van der Waals surface area contributed by atoms with Gasteiger partial charge < -0.3 is 135 Å². The summed E-state index contributed by atoms with van der Waals surface area (Å²) in [6, 6.07) is 21.3. The maximum absolute atomic E-state index is 15.6. The molecule has 34 N–H and O–H groups in total. The van der Waals surface area contributed by atoms with Crippen LogP contribution in [0.4, 0.5) is 0 Å². The minimum atomic E-state index is -2.04. The molecule has 7 aromatic rings. The number of hydrogen-bond acceptors (Lipinski definition) is 22. The van der Waals surface area contributed by atoms with Crippen LogP contribution in [-0.4, -0.2) is 242 Å². The van der Waals surface area contributed by atoms with Gasteiger partial charge in [0.25, 0.3) is 17.7 Å². The third-order valence-corrected chi connectivity index (χ3v) is 22.8. The molecule has 0 aliphatic carbocycles. The van der Waals surface area contributed by atoms with Gasteiger partial charge in [0, 0.05) is 81.1 Å². The highest BCUT2D eigenvalue weighted by Gasteiger charge is 2.39. The minimum absolute atomic E-state index is 0.0214. The quantitative estimate of drug-likeness (QED) is 0.0115. The van der Waals surface area contributed by atoms with E-state index < -0.39 is 240 Å². The van der Waals surface area contributed by atoms with Gasteiger partial charge in [-0.25, -0.2) is 0 Å². The molecule has 0 saturated carbocycles. The van der Waals surface area contributed by atoms with E-state index in [4.69, 9.17) is 50.6 Å². The first-order valence-electron chi connectivity index (χ1n) is 45.3. The largest absolute Gasteiger partial charge is 0.394 e. The number of guanidine groups is 3. The molecule has 4 bridgehead atoms. The zero-order valence-corrected chi connectivity index (χ0v) is 76.5. The van der Waals surface area contributed by atoms with E-state index in [9.17, 15) is 29.1 Å². The van der Waals surface area contributed by atoms with Crippen LogP contribution in [0.2, 0.25) is 0 Å². The lowest BCUT2D eigenvalue weighted by molar-refractivity contribution is -0.136. The van der Waals surface area contributed by atoms with Crippen molar-refractivity contribution in [3.63, 3.8) is 0 Å². The number of benzene rings is 7. The number of rotatable bonds is 30. The Morgan fingerprint density at radius 1 is 0.424 bits per heavy atom. The number of carbonyl (C=O) groups excluding carboxylic acids is 17. The second-order valence-corrected chi connectivity index (χ2v) is 33.6. The molecular formula is C94H121N27O18. The first-order chi connectivity index (χ1) is 66.5. The van der Waals surface area contributed by atoms with Crippen molar-refractivity contribution in [3.05, 3.63) is 203 Å². The van der Waals surface area contributed by atoms with Gasteiger partial charge in [0.1, 0.15) is 72.5 Å². The predicted molar refractivity (Wildman–Crippen MR) is 512 cm³/mol. The second-order valence-electron chi connectivity index (χ2n) is 33.6. The van der Waals surface area contributed by atoms with Gasteiger partial charge in [-0.1, -0.05) is 146 Å². The summed E-state index contributed by atoms with van der Waals surface area (Å²) >= 11 is 0. The number of carbonyl (C=O) groups is 17. The van der Waals surface area contributed by atoms with Gasteiger partial charge in [-0.05, 0) is 140 Å². The smallest absolute Gasteiger partial charge is 0.251 e. The number of aliphatic hydroxyl groups excluding tert-OH is 1. The Kier molecular flexibility index (Phi) is 40.7. The normalized spacial score (nSPS) is 21.1. The Balaban J connectivity index is 1.21. The number of aliphatic hydroxyl groups is 1. The summed E-state index contributed by atoms with van der Waals surface area (Å²) in [6.45, 7) is -1.44. The third-order valence-electron chi connectivity index (χ3n) is 22.8. The van der Waals surface area contributed by atoms with Crippen LogP contribution in [-0.2, 0) is 86.4 Å². The number of hydrogen-bond donors (Lipinski definition) is 28. The standard InChI is InChI=1S/C94H121N27O18/c1-51-78(126)112-66(27-15-37-106-93(100)101)82(130)113-67(28-16-38-107-94(102)103)84(132)119-72(89(137)110-63(33-34-95)47-75(124)111-64(77(97)125)26-14-36-105-92(98)99)49-108-80(128)61-44-60-45-62(46-61)81(129)115-69(42-53-29-31-55-19-8-10-23-58(55)39-53)86(134)120-73(50-122)90(138)118-71(48-74(96)123)87(135)117-70(43-54-30-32-56-20-9-11-24-59(56)40-54)88(136)121-76(57-21-6-3-7-22-57)91(139)114-65(25-12-13-35-104-79(60)127)83(131)116-68(85(133)109-51)41-52-17-4-2-5-18-52/h2-11,17-24,29-32,39-40,44-46,51,63-73,76,122H,12-16,25-28,33-38,41-43,47-50,95H2,1H3,(H2,96,123)(H2,97,125)(H,104,127)(H,108,128)(H,109,133)(H,110,137)(H,111,124)(H,112,126)(H,113,130)(H,114,139)(H,115,129)(H,116,131)(H,117,135)(H,118,138)(H,119,132)(H,120,134)(H,121,136)(H4,98,99,105)(H4,100,101,106)(H4,102,103,107)/t51-,63-,64+,65-,66+,67-,68+,69+,70+,71-,72-,73-,76-/m0/s1. The van der Waals surface area contributed by atoms with Crippen molar-refractivity contribution in [2.45, 2.75) is 182 Å². The lowest BCUT2D eigenvalue weighted by Gasteiger charge is -2.28. The molecule has 0 fully saturated rings. The molecular weight excluding hydrogens is 1800 g/mol. The van der Waals surface area contributed by atoms with Gasteiger partial charge in [-0.3, -0.25) is 97.7 Å². The Labute approximate surface area is 799 Å². The average molecular weight is 1920 g/mol. The molecule has 2 heterocycles. The molecule has 0 spiro atoms. The lowest BCUT2D eigenvalue weighted by atomic mass is 9.99. The number of fused-ring (bicyclic) bond motifs is 10. The minimum Gasteiger partial charge on any atom is -0.394 e. The van der Waals surface area contributed by atoms with E-state index in [0.717, 1.165) is 29.0 Å². The highest BCUT2D eigenvalue weighted by atomic mass is 16.3. The topological polar surface area (TPSA) is 755 Å². The average Bonchev–Trinajstić information content (AvgIpc) is 0.899. The monoisotopic (exact) mass is 1920 g/mol. The zero-order chi connectivity index (χ0) is 101. The Morgan fingerprint density at radius 3 is 1.43 bits per heavy atom. The fraction of sp³-hybridized carbons (Fsp3) is 0.383. The van der Waals surface area contributed by atoms with Crippen molar-refractivity contribution in [2.24, 2.45) is 34.4 Å². The van der Waals surface area contributed by atoms with Crippen LogP contribution in [0.3, 0.4) is 0 Å². The summed E-state index contributed by atoms with van der Waals surface area (Å²) in [7, 11) is 0. The molecule has 0 radical (unpaired) electrons. The predicted octanol–water partition coefficient (Wildman–Crippen LogP) is -4.43. The van der Waals surface area contributed by atoms with E-state index in [1.807, 2.05) is 12.1 Å². The van der Waals surface area contributed by atoms with Crippen LogP contribution in [0.5, 0.6) is 0 Å². The summed E-state index contributed by atoms with van der Waals surface area (Å²) in [5.74, 6) is -19.9. The van der Waals surface area contributed by atoms with E-state index in [1.54, 1.807) is 109 Å². The van der Waals surface area contributed by atoms with Crippen molar-refractivity contribution in [2.75, 3.05) is 45.9 Å². The van der Waals surface area contributed by atoms with Crippen molar-refractivity contribution < 1.29 is 86.6 Å². The first kappa shape index (κ1) is 106. The SMILES string of the molecule is C[C@@H]1NC(=O)[C@@H](Cc2ccccc2)NC(=O)[C@@H]2CCCCNC(=O)c3cc(cc(c3)C(=O)N[C@H](Cc3ccc4ccccc4c3)C(=O)N[C@@H](CO)C(=O)N[C@@H](CC(N)=O)C(=O)N[C@H](Cc3ccc4ccccc4c3)C(=O)N[C@@H](c3ccccc3)C(=O)N2)C(=O)NC[C@@H](C(=O)N[C@@H](CCN)CC(=O)N[C@H](CCCNC(=N)N)C(N)=O)NC(=O)[C@H](CCCNC(=N)N)NC(=O)[C@@H](CCCNC(=N)N)NC1=O. The number of primary amides is 2. The summed E-state index contributed by atoms with van der Waals surface area (Å²) < 4.78 is 0. The van der Waals surface area contributed by atoms with Gasteiger partial charge in [0.2, 0.25) is 82.7 Å². The van der Waals surface area contributed by atoms with Crippen LogP contribution in [0.25, 0.3) is 21.5 Å². The molecule has 45 heteroatoms. The zero-order valence-electron chi connectivity index (χ0n) is 76.5. The fourth-order valence-electron chi connectivity index (χ4n) is 15.5. The molecule has 13 atom stereocenters. The number of nitrogens with one attached hydrogen (secondary N) is 21. The van der Waals surface area contributed by atoms with Crippen LogP contribution >= 0.6 is 0 Å². The molecule has 2 aliphatic rings. The molecule has 740 valence electrons. The van der Waals surface area contributed by atoms with Crippen LogP contribution in [0.1, 0.15) is 143 Å². The Morgan fingerprint density at radius 2 is 0.878 bits per heavy atom. The van der Waals surface area contributed by atoms with Gasteiger partial charge >= 0.3 is 0 Å². The fourth-order valence-corrected chi connectivity index (χ4v) is 15.5. The van der Waals surface area contributed by atoms with Gasteiger partial charge in [-0.2, -0.15) is 0 Å². The number of nitrogens with two attached hydrogens (primary N) is 6. The molecule has 7 aromatic carbocycles. The third kappa shape index (κ3) is 34.0. The Bertz CT molecular complexity index is 5640. The molecule has 2 aliphatic heterocycles. The van der Waals surface area contributed by atoms with Crippen molar-refractivity contribution in [3.8, 4) is 0 Å². The maximum atomic E-state index is 15.6. The highest BCUT2D eigenvalue weighted by molar-refractivity contribution is 6.07. The van der Waals surface area contributed by atoms with Crippen LogP contribution < -0.4 is 130 Å². The summed E-state index contributed by atoms with van der Waals surface area (Å²) in [5.41, 5.74) is 34.1. The van der Waals surface area contributed by atoms with Crippen LogP contribution in [0.15, 0.2) is 164 Å². The van der Waals surface area contributed by atoms with E-state index >= 15 is 57.5 Å². The maximum Gasteiger partial charge on any atom is 0.251 e. The Hall–Kier alpha value is -16.2. The molecule has 0 aromatic heterocycles. The summed E-state index contributed by atoms with van der Waals surface area (Å²) in [4.78, 5) is 253.